The first-order valence-electron chi connectivity index (χ1n) is 7.15. The van der Waals surface area contributed by atoms with Crippen LogP contribution in [-0.4, -0.2) is 24.5 Å². The summed E-state index contributed by atoms with van der Waals surface area (Å²) in [6, 6.07) is 7.66. The number of nitrogens with one attached hydrogen (secondary N) is 2. The van der Waals surface area contributed by atoms with Gasteiger partial charge in [0.1, 0.15) is 12.0 Å². The molecule has 0 saturated carbocycles. The number of hydrogen-bond donors (Lipinski definition) is 2. The van der Waals surface area contributed by atoms with Crippen molar-refractivity contribution in [3.05, 3.63) is 41.8 Å². The summed E-state index contributed by atoms with van der Waals surface area (Å²) in [5.41, 5.74) is 1.89. The van der Waals surface area contributed by atoms with Crippen LogP contribution in [0.3, 0.4) is 0 Å². The predicted octanol–water partition coefficient (Wildman–Crippen LogP) is 2.28. The first kappa shape index (κ1) is 17.4. The molecule has 23 heavy (non-hydrogen) atoms. The Kier molecular flexibility index (Phi) is 6.51. The fourth-order valence-electron chi connectivity index (χ4n) is 2.05. The lowest BCUT2D eigenvalue weighted by Crippen LogP contribution is -2.36. The Morgan fingerprint density at radius 1 is 1.22 bits per heavy atom. The van der Waals surface area contributed by atoms with Gasteiger partial charge in [0.25, 0.3) is 0 Å². The molecule has 0 radical (unpaired) electrons. The van der Waals surface area contributed by atoms with Crippen LogP contribution in [0.25, 0.3) is 0 Å². The number of aromatic nitrogens is 1. The van der Waals surface area contributed by atoms with Gasteiger partial charge in [-0.05, 0) is 24.6 Å². The molecule has 2 N–H and O–H groups in total. The topological polar surface area (TPSA) is 80.9 Å². The summed E-state index contributed by atoms with van der Waals surface area (Å²) >= 11 is 0. The van der Waals surface area contributed by atoms with E-state index < -0.39 is 0 Å². The molecule has 0 amide bonds. The van der Waals surface area contributed by atoms with Gasteiger partial charge >= 0.3 is 0 Å². The summed E-state index contributed by atoms with van der Waals surface area (Å²) in [7, 11) is 0. The molecule has 1 aliphatic heterocycles. The number of hydrogen-bond acceptors (Lipinski definition) is 5. The summed E-state index contributed by atoms with van der Waals surface area (Å²) in [5, 5.41) is 10.3. The third kappa shape index (κ3) is 4.75. The zero-order valence-electron chi connectivity index (χ0n) is 12.7. The number of fused-ring (bicyclic) bond motifs is 1. The summed E-state index contributed by atoms with van der Waals surface area (Å²) in [4.78, 5) is 4.55. The zero-order valence-corrected chi connectivity index (χ0v) is 15.1. The Hall–Kier alpha value is -1.97. The van der Waals surface area contributed by atoms with Crippen LogP contribution in [0.5, 0.6) is 11.5 Å². The van der Waals surface area contributed by atoms with Crippen molar-refractivity contribution in [2.24, 2.45) is 4.99 Å². The number of benzene rings is 1. The van der Waals surface area contributed by atoms with Crippen molar-refractivity contribution in [1.82, 2.24) is 15.8 Å². The average molecular weight is 430 g/mol. The highest BCUT2D eigenvalue weighted by atomic mass is 127. The first-order chi connectivity index (χ1) is 10.8. The van der Waals surface area contributed by atoms with E-state index in [4.69, 9.17) is 14.0 Å². The van der Waals surface area contributed by atoms with E-state index in [0.717, 1.165) is 35.3 Å². The van der Waals surface area contributed by atoms with Crippen molar-refractivity contribution < 1.29 is 14.0 Å². The molecule has 1 aromatic carbocycles. The summed E-state index contributed by atoms with van der Waals surface area (Å²) in [6.07, 6.45) is 1.55. The SMILES string of the molecule is CCNC(=NCc1ccc2c(c1)OCO2)NCc1ccon1.I. The van der Waals surface area contributed by atoms with Crippen molar-refractivity contribution in [2.45, 2.75) is 20.0 Å². The number of halogens is 1. The molecule has 2 heterocycles. The molecule has 0 fully saturated rings. The largest absolute Gasteiger partial charge is 0.454 e. The molecule has 0 saturated heterocycles. The summed E-state index contributed by atoms with van der Waals surface area (Å²) in [5.74, 6) is 2.28. The van der Waals surface area contributed by atoms with Gasteiger partial charge in [0.15, 0.2) is 17.5 Å². The molecule has 124 valence electrons. The van der Waals surface area contributed by atoms with Crippen LogP contribution < -0.4 is 20.1 Å². The standard InChI is InChI=1S/C15H18N4O3.HI/c1-2-16-15(18-9-12-5-6-22-19-12)17-8-11-3-4-13-14(7-11)21-10-20-13;/h3-7H,2,8-10H2,1H3,(H2,16,17,18);1H. The molecular formula is C15H19IN4O3. The molecule has 0 bridgehead atoms. The summed E-state index contributed by atoms with van der Waals surface area (Å²) < 4.78 is 15.5. The van der Waals surface area contributed by atoms with Crippen LogP contribution in [-0.2, 0) is 13.1 Å². The second-order valence-electron chi connectivity index (χ2n) is 4.73. The number of aliphatic imine (C=N–C) groups is 1. The molecule has 2 aromatic rings. The van der Waals surface area contributed by atoms with Gasteiger partial charge in [-0.25, -0.2) is 4.99 Å². The van der Waals surface area contributed by atoms with Gasteiger partial charge in [0.2, 0.25) is 6.79 Å². The van der Waals surface area contributed by atoms with Crippen molar-refractivity contribution >= 4 is 29.9 Å². The maximum absolute atomic E-state index is 5.37. The van der Waals surface area contributed by atoms with Crippen LogP contribution in [0.1, 0.15) is 18.2 Å². The minimum Gasteiger partial charge on any atom is -0.454 e. The Balaban J connectivity index is 0.00000192. The van der Waals surface area contributed by atoms with Crippen molar-refractivity contribution in [2.75, 3.05) is 13.3 Å². The molecule has 0 atom stereocenters. The van der Waals surface area contributed by atoms with Crippen LogP contribution >= 0.6 is 24.0 Å². The van der Waals surface area contributed by atoms with E-state index in [9.17, 15) is 0 Å². The van der Waals surface area contributed by atoms with Gasteiger partial charge in [-0.2, -0.15) is 0 Å². The lowest BCUT2D eigenvalue weighted by Gasteiger charge is -2.10. The first-order valence-corrected chi connectivity index (χ1v) is 7.15. The van der Waals surface area contributed by atoms with Crippen molar-refractivity contribution in [1.29, 1.82) is 0 Å². The fourth-order valence-corrected chi connectivity index (χ4v) is 2.05. The van der Waals surface area contributed by atoms with E-state index in [-0.39, 0.29) is 30.8 Å². The highest BCUT2D eigenvalue weighted by molar-refractivity contribution is 14.0. The Bertz CT molecular complexity index is 646. The maximum atomic E-state index is 5.37. The second kappa shape index (κ2) is 8.61. The number of ether oxygens (including phenoxy) is 2. The molecule has 0 unspecified atom stereocenters. The van der Waals surface area contributed by atoms with Gasteiger partial charge in [-0.15, -0.1) is 24.0 Å². The van der Waals surface area contributed by atoms with Crippen molar-refractivity contribution in [3.63, 3.8) is 0 Å². The van der Waals surface area contributed by atoms with E-state index in [1.807, 2.05) is 31.2 Å². The lowest BCUT2D eigenvalue weighted by molar-refractivity contribution is 0.174. The van der Waals surface area contributed by atoms with Gasteiger partial charge < -0.3 is 24.6 Å². The zero-order chi connectivity index (χ0) is 15.2. The van der Waals surface area contributed by atoms with E-state index in [1.165, 1.54) is 0 Å². The van der Waals surface area contributed by atoms with Gasteiger partial charge in [0, 0.05) is 12.6 Å². The van der Waals surface area contributed by atoms with Gasteiger partial charge in [-0.1, -0.05) is 11.2 Å². The normalized spacial score (nSPS) is 12.7. The summed E-state index contributed by atoms with van der Waals surface area (Å²) in [6.45, 7) is 4.19. The Morgan fingerprint density at radius 3 is 2.87 bits per heavy atom. The van der Waals surface area contributed by atoms with Crippen LogP contribution in [0.2, 0.25) is 0 Å². The van der Waals surface area contributed by atoms with Crippen molar-refractivity contribution in [3.8, 4) is 11.5 Å². The molecule has 0 aliphatic carbocycles. The molecule has 8 heteroatoms. The highest BCUT2D eigenvalue weighted by Crippen LogP contribution is 2.32. The molecule has 1 aromatic heterocycles. The molecule has 0 spiro atoms. The monoisotopic (exact) mass is 430 g/mol. The molecule has 3 rings (SSSR count). The predicted molar refractivity (Wildman–Crippen MR) is 96.1 cm³/mol. The Morgan fingerprint density at radius 2 is 2.09 bits per heavy atom. The minimum atomic E-state index is 0. The second-order valence-corrected chi connectivity index (χ2v) is 4.73. The van der Waals surface area contributed by atoms with Gasteiger partial charge in [-0.3, -0.25) is 0 Å². The van der Waals surface area contributed by atoms with E-state index in [0.29, 0.717) is 13.1 Å². The number of nitrogens with zero attached hydrogens (tertiary/aromatic N) is 2. The minimum absolute atomic E-state index is 0. The third-order valence-electron chi connectivity index (χ3n) is 3.13. The van der Waals surface area contributed by atoms with E-state index in [2.05, 4.69) is 20.8 Å². The number of rotatable bonds is 5. The van der Waals surface area contributed by atoms with Crippen LogP contribution in [0, 0.1) is 0 Å². The van der Waals surface area contributed by atoms with Crippen LogP contribution in [0.4, 0.5) is 0 Å². The fraction of sp³-hybridized carbons (Fsp3) is 0.333. The highest BCUT2D eigenvalue weighted by Gasteiger charge is 2.12. The molecule has 7 nitrogen and oxygen atoms in total. The molecule has 1 aliphatic rings. The van der Waals surface area contributed by atoms with E-state index >= 15 is 0 Å². The Labute approximate surface area is 151 Å². The maximum Gasteiger partial charge on any atom is 0.231 e. The quantitative estimate of drug-likeness (QED) is 0.431. The molecular weight excluding hydrogens is 411 g/mol. The third-order valence-corrected chi connectivity index (χ3v) is 3.13. The van der Waals surface area contributed by atoms with Crippen LogP contribution in [0.15, 0.2) is 40.0 Å². The lowest BCUT2D eigenvalue weighted by atomic mass is 10.2. The van der Waals surface area contributed by atoms with E-state index in [1.54, 1.807) is 6.26 Å². The smallest absolute Gasteiger partial charge is 0.231 e. The van der Waals surface area contributed by atoms with Gasteiger partial charge in [0.05, 0.1) is 13.1 Å². The number of guanidine groups is 1. The average Bonchev–Trinajstić information content (AvgIpc) is 3.20.